The number of aryl methyl sites for hydroxylation is 1. The fourth-order valence-corrected chi connectivity index (χ4v) is 3.19. The Bertz CT molecular complexity index is 1030. The second-order valence-corrected chi connectivity index (χ2v) is 6.21. The highest BCUT2D eigenvalue weighted by Crippen LogP contribution is 2.33. The number of aromatic nitrogens is 2. The number of benzene rings is 3. The third-order valence-electron chi connectivity index (χ3n) is 4.07. The number of halogens is 1. The van der Waals surface area contributed by atoms with Crippen LogP contribution in [-0.4, -0.2) is 9.97 Å². The molecule has 0 saturated heterocycles. The van der Waals surface area contributed by atoms with Crippen molar-refractivity contribution in [2.45, 2.75) is 6.92 Å². The van der Waals surface area contributed by atoms with E-state index in [1.807, 2.05) is 18.2 Å². The molecule has 0 aliphatic rings. The lowest BCUT2D eigenvalue weighted by Crippen LogP contribution is -1.90. The maximum absolute atomic E-state index is 6.27. The van der Waals surface area contributed by atoms with E-state index in [9.17, 15) is 0 Å². The standard InChI is InChI=1S/C21H15ClN2/c1-14-11-16(15-5-3-2-4-6-15)13-17(12-14)18-7-8-19(22)21-20(18)23-9-10-24-21/h2-13H,1H3. The molecule has 0 amide bonds. The van der Waals surface area contributed by atoms with E-state index >= 15 is 0 Å². The maximum atomic E-state index is 6.27. The van der Waals surface area contributed by atoms with E-state index in [2.05, 4.69) is 59.4 Å². The van der Waals surface area contributed by atoms with Gasteiger partial charge in [-0.25, -0.2) is 0 Å². The van der Waals surface area contributed by atoms with Crippen LogP contribution in [0.4, 0.5) is 0 Å². The minimum atomic E-state index is 0.623. The van der Waals surface area contributed by atoms with Gasteiger partial charge in [-0.2, -0.15) is 0 Å². The summed E-state index contributed by atoms with van der Waals surface area (Å²) in [6.45, 7) is 2.11. The van der Waals surface area contributed by atoms with Crippen LogP contribution in [0.3, 0.4) is 0 Å². The van der Waals surface area contributed by atoms with E-state index < -0.39 is 0 Å². The number of hydrogen-bond donors (Lipinski definition) is 0. The summed E-state index contributed by atoms with van der Waals surface area (Å²) >= 11 is 6.27. The smallest absolute Gasteiger partial charge is 0.108 e. The molecule has 0 N–H and O–H groups in total. The molecule has 1 aromatic heterocycles. The van der Waals surface area contributed by atoms with Gasteiger partial charge in [0.1, 0.15) is 5.52 Å². The van der Waals surface area contributed by atoms with Crippen LogP contribution in [0.1, 0.15) is 5.56 Å². The molecule has 2 nitrogen and oxygen atoms in total. The molecular weight excluding hydrogens is 316 g/mol. The summed E-state index contributed by atoms with van der Waals surface area (Å²) in [7, 11) is 0. The SMILES string of the molecule is Cc1cc(-c2ccccc2)cc(-c2ccc(Cl)c3nccnc23)c1. The summed E-state index contributed by atoms with van der Waals surface area (Å²) in [6.07, 6.45) is 3.37. The molecule has 4 rings (SSSR count). The van der Waals surface area contributed by atoms with Gasteiger partial charge in [-0.05, 0) is 41.3 Å². The quantitative estimate of drug-likeness (QED) is 0.455. The van der Waals surface area contributed by atoms with Crippen molar-refractivity contribution in [3.05, 3.63) is 83.6 Å². The molecule has 3 aromatic carbocycles. The van der Waals surface area contributed by atoms with E-state index in [4.69, 9.17) is 11.6 Å². The topological polar surface area (TPSA) is 25.8 Å². The van der Waals surface area contributed by atoms with Gasteiger partial charge >= 0.3 is 0 Å². The Morgan fingerprint density at radius 1 is 0.708 bits per heavy atom. The summed E-state index contributed by atoms with van der Waals surface area (Å²) in [5.74, 6) is 0. The van der Waals surface area contributed by atoms with Crippen molar-refractivity contribution in [1.82, 2.24) is 9.97 Å². The monoisotopic (exact) mass is 330 g/mol. The van der Waals surface area contributed by atoms with Crippen LogP contribution in [0.15, 0.2) is 73.1 Å². The van der Waals surface area contributed by atoms with Crippen molar-refractivity contribution in [1.29, 1.82) is 0 Å². The number of hydrogen-bond acceptors (Lipinski definition) is 2. The predicted molar refractivity (Wildman–Crippen MR) is 100 cm³/mol. The molecule has 0 saturated carbocycles. The van der Waals surface area contributed by atoms with Crippen LogP contribution >= 0.6 is 11.6 Å². The Hall–Kier alpha value is -2.71. The fraction of sp³-hybridized carbons (Fsp3) is 0.0476. The first-order valence-corrected chi connectivity index (χ1v) is 8.17. The largest absolute Gasteiger partial charge is 0.252 e. The molecule has 4 aromatic rings. The lowest BCUT2D eigenvalue weighted by Gasteiger charge is -2.11. The molecule has 0 bridgehead atoms. The summed E-state index contributed by atoms with van der Waals surface area (Å²) in [4.78, 5) is 8.88. The van der Waals surface area contributed by atoms with Gasteiger partial charge in [0.05, 0.1) is 10.5 Å². The lowest BCUT2D eigenvalue weighted by atomic mass is 9.96. The van der Waals surface area contributed by atoms with E-state index in [0.717, 1.165) is 22.2 Å². The zero-order valence-corrected chi connectivity index (χ0v) is 14.0. The van der Waals surface area contributed by atoms with Crippen molar-refractivity contribution in [2.24, 2.45) is 0 Å². The summed E-state index contributed by atoms with van der Waals surface area (Å²) < 4.78 is 0. The van der Waals surface area contributed by atoms with Gasteiger partial charge in [-0.1, -0.05) is 60.1 Å². The summed E-state index contributed by atoms with van der Waals surface area (Å²) in [6, 6.07) is 20.9. The molecular formula is C21H15ClN2. The zero-order chi connectivity index (χ0) is 16.5. The molecule has 116 valence electrons. The number of rotatable bonds is 2. The fourth-order valence-electron chi connectivity index (χ4n) is 2.99. The molecule has 0 radical (unpaired) electrons. The Balaban J connectivity index is 1.95. The van der Waals surface area contributed by atoms with Gasteiger partial charge in [-0.15, -0.1) is 0 Å². The maximum Gasteiger partial charge on any atom is 0.108 e. The van der Waals surface area contributed by atoms with E-state index in [1.54, 1.807) is 12.4 Å². The highest BCUT2D eigenvalue weighted by molar-refractivity contribution is 6.35. The van der Waals surface area contributed by atoms with Gasteiger partial charge in [0.25, 0.3) is 0 Å². The second-order valence-electron chi connectivity index (χ2n) is 5.80. The summed E-state index contributed by atoms with van der Waals surface area (Å²) in [5.41, 5.74) is 7.33. The average Bonchev–Trinajstić information content (AvgIpc) is 2.62. The van der Waals surface area contributed by atoms with Crippen molar-refractivity contribution in [2.75, 3.05) is 0 Å². The van der Waals surface area contributed by atoms with Gasteiger partial charge in [0.2, 0.25) is 0 Å². The van der Waals surface area contributed by atoms with Crippen LogP contribution in [0.2, 0.25) is 5.02 Å². The van der Waals surface area contributed by atoms with Crippen molar-refractivity contribution in [3.8, 4) is 22.3 Å². The molecule has 0 aliphatic carbocycles. The zero-order valence-electron chi connectivity index (χ0n) is 13.2. The molecule has 0 fully saturated rings. The van der Waals surface area contributed by atoms with E-state index in [-0.39, 0.29) is 0 Å². The van der Waals surface area contributed by atoms with Gasteiger partial charge < -0.3 is 0 Å². The first kappa shape index (κ1) is 14.9. The third-order valence-corrected chi connectivity index (χ3v) is 4.38. The molecule has 1 heterocycles. The first-order valence-electron chi connectivity index (χ1n) is 7.79. The first-order chi connectivity index (χ1) is 11.7. The summed E-state index contributed by atoms with van der Waals surface area (Å²) in [5, 5.41) is 0.623. The average molecular weight is 331 g/mol. The molecule has 3 heteroatoms. The highest BCUT2D eigenvalue weighted by Gasteiger charge is 2.10. The van der Waals surface area contributed by atoms with Crippen LogP contribution in [0.25, 0.3) is 33.3 Å². The molecule has 0 unspecified atom stereocenters. The molecule has 0 aliphatic heterocycles. The Kier molecular flexibility index (Phi) is 3.75. The number of fused-ring (bicyclic) bond motifs is 1. The van der Waals surface area contributed by atoms with Gasteiger partial charge in [-0.3, -0.25) is 9.97 Å². The molecule has 0 spiro atoms. The van der Waals surface area contributed by atoms with Crippen molar-refractivity contribution in [3.63, 3.8) is 0 Å². The van der Waals surface area contributed by atoms with Crippen LogP contribution in [0.5, 0.6) is 0 Å². The lowest BCUT2D eigenvalue weighted by molar-refractivity contribution is 1.29. The normalized spacial score (nSPS) is 10.9. The van der Waals surface area contributed by atoms with Crippen LogP contribution in [0, 0.1) is 6.92 Å². The van der Waals surface area contributed by atoms with Gasteiger partial charge in [0.15, 0.2) is 0 Å². The molecule has 24 heavy (non-hydrogen) atoms. The third kappa shape index (κ3) is 2.66. The minimum absolute atomic E-state index is 0.623. The predicted octanol–water partition coefficient (Wildman–Crippen LogP) is 5.93. The van der Waals surface area contributed by atoms with Crippen LogP contribution < -0.4 is 0 Å². The van der Waals surface area contributed by atoms with Crippen molar-refractivity contribution < 1.29 is 0 Å². The highest BCUT2D eigenvalue weighted by atomic mass is 35.5. The Labute approximate surface area is 145 Å². The number of nitrogens with zero attached hydrogens (tertiary/aromatic N) is 2. The Morgan fingerprint density at radius 3 is 2.21 bits per heavy atom. The molecule has 0 atom stereocenters. The van der Waals surface area contributed by atoms with Gasteiger partial charge in [0, 0.05) is 18.0 Å². The van der Waals surface area contributed by atoms with Crippen molar-refractivity contribution >= 4 is 22.6 Å². The van der Waals surface area contributed by atoms with Crippen LogP contribution in [-0.2, 0) is 0 Å². The Morgan fingerprint density at radius 2 is 1.42 bits per heavy atom. The second kappa shape index (κ2) is 6.06. The van der Waals surface area contributed by atoms with E-state index in [1.165, 1.54) is 16.7 Å². The minimum Gasteiger partial charge on any atom is -0.252 e. The van der Waals surface area contributed by atoms with E-state index in [0.29, 0.717) is 5.02 Å².